The Balaban J connectivity index is 2.97. The average Bonchev–Trinajstić information content (AvgIpc) is 2.30. The van der Waals surface area contributed by atoms with Crippen LogP contribution in [0.1, 0.15) is 23.6 Å². The molecule has 0 aliphatic heterocycles. The van der Waals surface area contributed by atoms with Crippen LogP contribution in [0.15, 0.2) is 0 Å². The number of rotatable bonds is 2. The first-order chi connectivity index (χ1) is 5.15. The maximum atomic E-state index is 12.1. The van der Waals surface area contributed by atoms with Crippen molar-refractivity contribution in [3.63, 3.8) is 0 Å². The summed E-state index contributed by atoms with van der Waals surface area (Å²) in [7, 11) is 0. The number of hydrogen-bond donors (Lipinski definition) is 2. The van der Waals surface area contributed by atoms with Gasteiger partial charge in [-0.2, -0.15) is 0 Å². The second-order valence-electron chi connectivity index (χ2n) is 2.20. The molecule has 0 atom stereocenters. The summed E-state index contributed by atoms with van der Waals surface area (Å²) in [5.41, 5.74) is 5.38. The molecule has 11 heavy (non-hydrogen) atoms. The Bertz CT molecular complexity index is 244. The van der Waals surface area contributed by atoms with Gasteiger partial charge < -0.3 is 10.7 Å². The van der Waals surface area contributed by atoms with Crippen LogP contribution in [0.5, 0.6) is 0 Å². The maximum Gasteiger partial charge on any atom is 0.282 e. The van der Waals surface area contributed by atoms with Crippen LogP contribution >= 0.6 is 0 Å². The summed E-state index contributed by atoms with van der Waals surface area (Å²) in [5, 5.41) is 0. The van der Waals surface area contributed by atoms with Crippen molar-refractivity contribution in [2.45, 2.75) is 19.9 Å². The minimum absolute atomic E-state index is 0.160. The van der Waals surface area contributed by atoms with Crippen LogP contribution in [0.2, 0.25) is 0 Å². The third kappa shape index (κ3) is 1.54. The molecule has 0 aromatic carbocycles. The lowest BCUT2D eigenvalue weighted by Crippen LogP contribution is -1.98. The van der Waals surface area contributed by atoms with Crippen LogP contribution in [0, 0.1) is 6.92 Å². The van der Waals surface area contributed by atoms with Gasteiger partial charge in [-0.05, 0) is 6.92 Å². The zero-order valence-corrected chi connectivity index (χ0v) is 6.06. The standard InChI is InChI=1S/C6H9F2N3/c1-3-5(6(7)8)11-4(2-9)10-3/h6H,2,9H2,1H3,(H,10,11). The molecule has 1 aromatic rings. The average molecular weight is 161 g/mol. The summed E-state index contributed by atoms with van der Waals surface area (Å²) in [6, 6.07) is 0. The molecule has 5 heteroatoms. The van der Waals surface area contributed by atoms with Crippen molar-refractivity contribution in [2.24, 2.45) is 5.73 Å². The van der Waals surface area contributed by atoms with E-state index in [2.05, 4.69) is 9.97 Å². The molecule has 3 N–H and O–H groups in total. The molecule has 0 spiro atoms. The van der Waals surface area contributed by atoms with Crippen molar-refractivity contribution in [3.05, 3.63) is 17.2 Å². The molecule has 0 aliphatic carbocycles. The lowest BCUT2D eigenvalue weighted by molar-refractivity contribution is 0.145. The van der Waals surface area contributed by atoms with Gasteiger partial charge in [0.1, 0.15) is 11.5 Å². The van der Waals surface area contributed by atoms with Gasteiger partial charge in [0, 0.05) is 5.69 Å². The maximum absolute atomic E-state index is 12.1. The van der Waals surface area contributed by atoms with Crippen molar-refractivity contribution < 1.29 is 8.78 Å². The molecule has 62 valence electrons. The number of alkyl halides is 2. The third-order valence-electron chi connectivity index (χ3n) is 1.37. The van der Waals surface area contributed by atoms with E-state index in [1.54, 1.807) is 6.92 Å². The van der Waals surface area contributed by atoms with Crippen LogP contribution in [-0.4, -0.2) is 9.97 Å². The highest BCUT2D eigenvalue weighted by Gasteiger charge is 2.14. The Hall–Kier alpha value is -0.970. The first kappa shape index (κ1) is 8.13. The largest absolute Gasteiger partial charge is 0.345 e. The molecule has 0 amide bonds. The normalized spacial score (nSPS) is 11.0. The highest BCUT2D eigenvalue weighted by atomic mass is 19.3. The van der Waals surface area contributed by atoms with Crippen LogP contribution in [-0.2, 0) is 6.54 Å². The van der Waals surface area contributed by atoms with Crippen LogP contribution in [0.3, 0.4) is 0 Å². The number of halogens is 2. The minimum Gasteiger partial charge on any atom is -0.345 e. The minimum atomic E-state index is -2.52. The number of H-pyrrole nitrogens is 1. The van der Waals surface area contributed by atoms with E-state index < -0.39 is 6.43 Å². The molecule has 0 saturated carbocycles. The van der Waals surface area contributed by atoms with Crippen LogP contribution in [0.4, 0.5) is 8.78 Å². The number of aromatic amines is 1. The van der Waals surface area contributed by atoms with Crippen molar-refractivity contribution in [2.75, 3.05) is 0 Å². The fourth-order valence-corrected chi connectivity index (χ4v) is 0.847. The number of hydrogen-bond acceptors (Lipinski definition) is 2. The van der Waals surface area contributed by atoms with Gasteiger partial charge in [-0.1, -0.05) is 0 Å². The van der Waals surface area contributed by atoms with Gasteiger partial charge in [-0.15, -0.1) is 0 Å². The summed E-state index contributed by atoms with van der Waals surface area (Å²) in [4.78, 5) is 6.26. The van der Waals surface area contributed by atoms with Crippen molar-refractivity contribution >= 4 is 0 Å². The molecule has 0 saturated heterocycles. The Morgan fingerprint density at radius 2 is 2.27 bits per heavy atom. The molecule has 1 heterocycles. The van der Waals surface area contributed by atoms with Gasteiger partial charge in [-0.25, -0.2) is 13.8 Å². The second kappa shape index (κ2) is 2.96. The molecule has 0 radical (unpaired) electrons. The van der Waals surface area contributed by atoms with Crippen LogP contribution < -0.4 is 5.73 Å². The van der Waals surface area contributed by atoms with E-state index in [1.807, 2.05) is 0 Å². The monoisotopic (exact) mass is 161 g/mol. The number of nitrogens with two attached hydrogens (primary N) is 1. The quantitative estimate of drug-likeness (QED) is 0.682. The lowest BCUT2D eigenvalue weighted by Gasteiger charge is -1.91. The fourth-order valence-electron chi connectivity index (χ4n) is 0.847. The second-order valence-corrected chi connectivity index (χ2v) is 2.20. The molecule has 0 unspecified atom stereocenters. The molecular weight excluding hydrogens is 152 g/mol. The number of nitrogens with one attached hydrogen (secondary N) is 1. The van der Waals surface area contributed by atoms with Crippen molar-refractivity contribution in [3.8, 4) is 0 Å². The fraction of sp³-hybridized carbons (Fsp3) is 0.500. The number of aromatic nitrogens is 2. The lowest BCUT2D eigenvalue weighted by atomic mass is 10.4. The van der Waals surface area contributed by atoms with E-state index in [0.29, 0.717) is 11.5 Å². The Morgan fingerprint density at radius 1 is 1.64 bits per heavy atom. The molecule has 0 aliphatic rings. The highest BCUT2D eigenvalue weighted by Crippen LogP contribution is 2.19. The predicted octanol–water partition coefficient (Wildman–Crippen LogP) is 1.11. The van der Waals surface area contributed by atoms with Gasteiger partial charge in [0.25, 0.3) is 6.43 Å². The number of aryl methyl sites for hydroxylation is 1. The number of nitrogens with zero attached hydrogens (tertiary/aromatic N) is 1. The van der Waals surface area contributed by atoms with E-state index in [-0.39, 0.29) is 12.2 Å². The Labute approximate surface area is 62.6 Å². The molecule has 0 bridgehead atoms. The smallest absolute Gasteiger partial charge is 0.282 e. The zero-order chi connectivity index (χ0) is 8.43. The topological polar surface area (TPSA) is 54.7 Å². The van der Waals surface area contributed by atoms with E-state index in [9.17, 15) is 8.78 Å². The van der Waals surface area contributed by atoms with Crippen molar-refractivity contribution in [1.29, 1.82) is 0 Å². The van der Waals surface area contributed by atoms with E-state index in [4.69, 9.17) is 5.73 Å². The van der Waals surface area contributed by atoms with Gasteiger partial charge in [0.2, 0.25) is 0 Å². The summed E-state index contributed by atoms with van der Waals surface area (Å²) < 4.78 is 24.1. The van der Waals surface area contributed by atoms with Gasteiger partial charge in [0.15, 0.2) is 0 Å². The number of imidazole rings is 1. The van der Waals surface area contributed by atoms with Gasteiger partial charge in [-0.3, -0.25) is 0 Å². The molecule has 0 fully saturated rings. The molecule has 1 aromatic heterocycles. The summed E-state index contributed by atoms with van der Waals surface area (Å²) >= 11 is 0. The van der Waals surface area contributed by atoms with Crippen LogP contribution in [0.25, 0.3) is 0 Å². The molecule has 1 rings (SSSR count). The molecular formula is C6H9F2N3. The summed E-state index contributed by atoms with van der Waals surface area (Å²) in [6.45, 7) is 1.71. The summed E-state index contributed by atoms with van der Waals surface area (Å²) in [5.74, 6) is 0.401. The Morgan fingerprint density at radius 3 is 2.55 bits per heavy atom. The van der Waals surface area contributed by atoms with E-state index >= 15 is 0 Å². The van der Waals surface area contributed by atoms with E-state index in [0.717, 1.165) is 0 Å². The Kier molecular flexibility index (Phi) is 2.19. The van der Waals surface area contributed by atoms with Gasteiger partial charge >= 0.3 is 0 Å². The zero-order valence-electron chi connectivity index (χ0n) is 6.06. The predicted molar refractivity (Wildman–Crippen MR) is 36.2 cm³/mol. The first-order valence-corrected chi connectivity index (χ1v) is 3.18. The van der Waals surface area contributed by atoms with E-state index in [1.165, 1.54) is 0 Å². The first-order valence-electron chi connectivity index (χ1n) is 3.18. The van der Waals surface area contributed by atoms with Gasteiger partial charge in [0.05, 0.1) is 6.54 Å². The van der Waals surface area contributed by atoms with Crippen molar-refractivity contribution in [1.82, 2.24) is 9.97 Å². The highest BCUT2D eigenvalue weighted by molar-refractivity contribution is 5.13. The third-order valence-corrected chi connectivity index (χ3v) is 1.37. The molecule has 3 nitrogen and oxygen atoms in total. The SMILES string of the molecule is Cc1[nH]c(CN)nc1C(F)F. The summed E-state index contributed by atoms with van der Waals surface area (Å²) in [6.07, 6.45) is -2.52.